The normalized spacial score (nSPS) is 15.2. The SMILES string of the molecule is NC(=O)C1CCN(Sc2ccccc2-c2ccc(-c3cnc(N)nc3)c(F)c2)CC1. The third kappa shape index (κ3) is 4.44. The third-order valence-corrected chi connectivity index (χ3v) is 6.41. The van der Waals surface area contributed by atoms with Gasteiger partial charge in [0.15, 0.2) is 0 Å². The van der Waals surface area contributed by atoms with Gasteiger partial charge in [-0.2, -0.15) is 0 Å². The Morgan fingerprint density at radius 3 is 2.40 bits per heavy atom. The lowest BCUT2D eigenvalue weighted by Crippen LogP contribution is -2.35. The number of rotatable bonds is 5. The molecule has 1 aliphatic heterocycles. The molecule has 0 spiro atoms. The molecule has 4 N–H and O–H groups in total. The number of benzene rings is 2. The highest BCUT2D eigenvalue weighted by atomic mass is 32.2. The fourth-order valence-electron chi connectivity index (χ4n) is 3.55. The van der Waals surface area contributed by atoms with Crippen molar-refractivity contribution >= 4 is 23.8 Å². The zero-order valence-corrected chi connectivity index (χ0v) is 17.1. The van der Waals surface area contributed by atoms with Gasteiger partial charge in [-0.3, -0.25) is 4.79 Å². The summed E-state index contributed by atoms with van der Waals surface area (Å²) >= 11 is 1.63. The maximum Gasteiger partial charge on any atom is 0.220 e. The number of hydrogen-bond acceptors (Lipinski definition) is 6. The maximum atomic E-state index is 14.9. The Hall–Kier alpha value is -2.97. The number of hydrogen-bond donors (Lipinski definition) is 2. The van der Waals surface area contributed by atoms with Crippen molar-refractivity contribution in [3.05, 3.63) is 60.7 Å². The monoisotopic (exact) mass is 423 g/mol. The Bertz CT molecular complexity index is 1050. The number of aromatic nitrogens is 2. The first-order valence-corrected chi connectivity index (χ1v) is 10.5. The summed E-state index contributed by atoms with van der Waals surface area (Å²) in [5.41, 5.74) is 13.7. The van der Waals surface area contributed by atoms with Gasteiger partial charge < -0.3 is 11.5 Å². The van der Waals surface area contributed by atoms with Gasteiger partial charge in [-0.1, -0.05) is 30.3 Å². The molecule has 0 atom stereocenters. The van der Waals surface area contributed by atoms with E-state index in [0.29, 0.717) is 11.1 Å². The van der Waals surface area contributed by atoms with Gasteiger partial charge in [0, 0.05) is 47.4 Å². The summed E-state index contributed by atoms with van der Waals surface area (Å²) in [7, 11) is 0. The minimum absolute atomic E-state index is 0.0453. The summed E-state index contributed by atoms with van der Waals surface area (Å²) in [5, 5.41) is 0. The number of carbonyl (C=O) groups excluding carboxylic acids is 1. The van der Waals surface area contributed by atoms with Gasteiger partial charge in [-0.15, -0.1) is 0 Å². The molecule has 2 heterocycles. The van der Waals surface area contributed by atoms with E-state index in [9.17, 15) is 9.18 Å². The van der Waals surface area contributed by atoms with Crippen molar-refractivity contribution in [1.82, 2.24) is 14.3 Å². The first kappa shape index (κ1) is 20.3. The highest BCUT2D eigenvalue weighted by molar-refractivity contribution is 7.97. The summed E-state index contributed by atoms with van der Waals surface area (Å²) < 4.78 is 17.1. The predicted molar refractivity (Wildman–Crippen MR) is 117 cm³/mol. The Morgan fingerprint density at radius 2 is 1.73 bits per heavy atom. The Labute approximate surface area is 178 Å². The lowest BCUT2D eigenvalue weighted by Gasteiger charge is -2.29. The number of carbonyl (C=O) groups is 1. The van der Waals surface area contributed by atoms with Gasteiger partial charge in [-0.25, -0.2) is 18.7 Å². The zero-order valence-electron chi connectivity index (χ0n) is 16.3. The van der Waals surface area contributed by atoms with Gasteiger partial charge >= 0.3 is 0 Å². The van der Waals surface area contributed by atoms with E-state index in [0.717, 1.165) is 42.0 Å². The van der Waals surface area contributed by atoms with Crippen LogP contribution < -0.4 is 11.5 Å². The standard InChI is InChI=1S/C22H22FN5OS/c23-19-11-15(5-6-17(19)16-12-26-22(25)27-13-16)18-3-1-2-4-20(18)30-28-9-7-14(8-10-28)21(24)29/h1-6,11-14H,7-10H2,(H2,24,29)(H2,25,26,27). The van der Waals surface area contributed by atoms with Crippen LogP contribution in [0.5, 0.6) is 0 Å². The van der Waals surface area contributed by atoms with Crippen LogP contribution in [0.2, 0.25) is 0 Å². The number of amides is 1. The molecule has 2 aromatic carbocycles. The van der Waals surface area contributed by atoms with E-state index >= 15 is 0 Å². The molecular formula is C22H22FN5OS. The van der Waals surface area contributed by atoms with Crippen molar-refractivity contribution in [2.24, 2.45) is 11.7 Å². The minimum Gasteiger partial charge on any atom is -0.369 e. The fraction of sp³-hybridized carbons (Fsp3) is 0.227. The Balaban J connectivity index is 1.56. The van der Waals surface area contributed by atoms with E-state index in [4.69, 9.17) is 11.5 Å². The van der Waals surface area contributed by atoms with Crippen LogP contribution in [0.25, 0.3) is 22.3 Å². The molecule has 0 saturated carbocycles. The van der Waals surface area contributed by atoms with Gasteiger partial charge in [0.05, 0.1) is 0 Å². The van der Waals surface area contributed by atoms with E-state index in [1.54, 1.807) is 18.0 Å². The summed E-state index contributed by atoms with van der Waals surface area (Å²) in [6.45, 7) is 1.58. The molecule has 6 nitrogen and oxygen atoms in total. The maximum absolute atomic E-state index is 14.9. The summed E-state index contributed by atoms with van der Waals surface area (Å²) in [6, 6.07) is 13.1. The number of nitrogens with two attached hydrogens (primary N) is 2. The minimum atomic E-state index is -0.344. The number of nitrogens with zero attached hydrogens (tertiary/aromatic N) is 3. The number of nitrogen functional groups attached to an aromatic ring is 1. The second kappa shape index (κ2) is 8.81. The molecule has 4 rings (SSSR count). The average Bonchev–Trinajstić information content (AvgIpc) is 2.75. The topological polar surface area (TPSA) is 98.1 Å². The van der Waals surface area contributed by atoms with Crippen LogP contribution in [0.3, 0.4) is 0 Å². The van der Waals surface area contributed by atoms with Crippen LogP contribution in [0.4, 0.5) is 10.3 Å². The largest absolute Gasteiger partial charge is 0.369 e. The van der Waals surface area contributed by atoms with Gasteiger partial charge in [0.25, 0.3) is 0 Å². The van der Waals surface area contributed by atoms with Gasteiger partial charge in [0.2, 0.25) is 11.9 Å². The molecule has 0 unspecified atom stereocenters. The quantitative estimate of drug-likeness (QED) is 0.607. The predicted octanol–water partition coefficient (Wildman–Crippen LogP) is 3.74. The highest BCUT2D eigenvalue weighted by Crippen LogP contribution is 2.36. The van der Waals surface area contributed by atoms with E-state index in [2.05, 4.69) is 14.3 Å². The molecule has 1 fully saturated rings. The molecule has 154 valence electrons. The van der Waals surface area contributed by atoms with Crippen molar-refractivity contribution in [3.63, 3.8) is 0 Å². The molecule has 30 heavy (non-hydrogen) atoms. The van der Waals surface area contributed by atoms with E-state index < -0.39 is 0 Å². The van der Waals surface area contributed by atoms with Crippen molar-refractivity contribution in [1.29, 1.82) is 0 Å². The molecule has 1 saturated heterocycles. The average molecular weight is 424 g/mol. The lowest BCUT2D eigenvalue weighted by molar-refractivity contribution is -0.122. The lowest BCUT2D eigenvalue weighted by atomic mass is 9.98. The summed E-state index contributed by atoms with van der Waals surface area (Å²) in [5.74, 6) is -0.456. The van der Waals surface area contributed by atoms with Crippen LogP contribution in [0, 0.1) is 11.7 Å². The molecule has 0 bridgehead atoms. The number of halogens is 1. The van der Waals surface area contributed by atoms with Crippen molar-refractivity contribution < 1.29 is 9.18 Å². The molecule has 3 aromatic rings. The number of primary amides is 1. The van der Waals surface area contributed by atoms with E-state index in [1.165, 1.54) is 18.5 Å². The van der Waals surface area contributed by atoms with Crippen LogP contribution in [0.15, 0.2) is 59.8 Å². The first-order chi connectivity index (χ1) is 14.5. The van der Waals surface area contributed by atoms with Crippen LogP contribution in [-0.4, -0.2) is 33.3 Å². The van der Waals surface area contributed by atoms with Crippen LogP contribution in [0.1, 0.15) is 12.8 Å². The summed E-state index contributed by atoms with van der Waals surface area (Å²) in [4.78, 5) is 20.3. The van der Waals surface area contributed by atoms with E-state index in [1.807, 2.05) is 30.3 Å². The highest BCUT2D eigenvalue weighted by Gasteiger charge is 2.24. The molecule has 8 heteroatoms. The Kier molecular flexibility index (Phi) is 5.96. The van der Waals surface area contributed by atoms with Crippen molar-refractivity contribution in [3.8, 4) is 22.3 Å². The fourth-order valence-corrected chi connectivity index (χ4v) is 4.64. The van der Waals surface area contributed by atoms with Crippen LogP contribution in [-0.2, 0) is 4.79 Å². The third-order valence-electron chi connectivity index (χ3n) is 5.23. The Morgan fingerprint density at radius 1 is 1.03 bits per heavy atom. The molecule has 0 aliphatic carbocycles. The van der Waals surface area contributed by atoms with Crippen molar-refractivity contribution in [2.45, 2.75) is 17.7 Å². The molecule has 1 aromatic heterocycles. The molecule has 0 radical (unpaired) electrons. The van der Waals surface area contributed by atoms with Crippen LogP contribution >= 0.6 is 11.9 Å². The summed E-state index contributed by atoms with van der Waals surface area (Å²) in [6.07, 6.45) is 4.55. The number of piperidine rings is 1. The zero-order chi connectivity index (χ0) is 21.1. The second-order valence-corrected chi connectivity index (χ2v) is 8.36. The smallest absolute Gasteiger partial charge is 0.220 e. The molecular weight excluding hydrogens is 401 g/mol. The van der Waals surface area contributed by atoms with E-state index in [-0.39, 0.29) is 23.6 Å². The van der Waals surface area contributed by atoms with Gasteiger partial charge in [0.1, 0.15) is 5.82 Å². The molecule has 1 amide bonds. The first-order valence-electron chi connectivity index (χ1n) is 9.70. The van der Waals surface area contributed by atoms with Crippen molar-refractivity contribution in [2.75, 3.05) is 18.8 Å². The molecule has 1 aliphatic rings. The second-order valence-electron chi connectivity index (χ2n) is 7.22. The van der Waals surface area contributed by atoms with Gasteiger partial charge in [-0.05, 0) is 48.0 Å². The number of anilines is 1.